The van der Waals surface area contributed by atoms with E-state index in [-0.39, 0.29) is 75.5 Å². The van der Waals surface area contributed by atoms with E-state index in [1.165, 1.54) is 192 Å². The third-order valence-electron chi connectivity index (χ3n) is 15.0. The molecule has 2 unspecified atom stereocenters. The average molecular weight is 1260 g/mol. The molecular weight excluding hydrogens is 1150 g/mol. The van der Waals surface area contributed by atoms with Gasteiger partial charge < -0.3 is 58.0 Å². The topological polar surface area (TPSA) is 298 Å². The molecule has 0 spiro atoms. The smallest absolute Gasteiger partial charge is 0.356 e. The summed E-state index contributed by atoms with van der Waals surface area (Å²) in [5.74, 6) is -0.000119. The van der Waals surface area contributed by atoms with Gasteiger partial charge in [-0.3, -0.25) is 28.7 Å². The molecular formula is C63H110N10O12P2. The molecule has 5 aromatic rings. The largest absolute Gasteiger partial charge is 0.379 e. The van der Waals surface area contributed by atoms with Gasteiger partial charge in [0.25, 0.3) is 11.1 Å². The third kappa shape index (κ3) is 35.0. The van der Waals surface area contributed by atoms with E-state index in [0.717, 1.165) is 31.2 Å². The minimum Gasteiger partial charge on any atom is -0.379 e. The van der Waals surface area contributed by atoms with Gasteiger partial charge in [0.15, 0.2) is 22.3 Å². The Morgan fingerprint density at radius 1 is 0.448 bits per heavy atom. The van der Waals surface area contributed by atoms with E-state index in [1.807, 2.05) is 30.3 Å². The first kappa shape index (κ1) is 75.1. The van der Waals surface area contributed by atoms with Crippen molar-refractivity contribution in [2.45, 2.75) is 239 Å². The van der Waals surface area contributed by atoms with Crippen molar-refractivity contribution in [2.24, 2.45) is 0 Å². The van der Waals surface area contributed by atoms with Crippen LogP contribution in [-0.4, -0.2) is 109 Å². The van der Waals surface area contributed by atoms with Gasteiger partial charge in [0.05, 0.1) is 58.9 Å². The van der Waals surface area contributed by atoms with Gasteiger partial charge in [-0.05, 0) is 18.4 Å². The highest BCUT2D eigenvalue weighted by molar-refractivity contribution is 7.53. The number of nitrogens with zero attached hydrogens (tertiary/aromatic N) is 6. The number of unbranched alkanes of at least 4 members (excludes halogenated alkanes) is 30. The lowest BCUT2D eigenvalue weighted by Gasteiger charge is -2.19. The van der Waals surface area contributed by atoms with E-state index in [9.17, 15) is 23.6 Å². The quantitative estimate of drug-likeness (QED) is 0.0178. The van der Waals surface area contributed by atoms with Crippen molar-refractivity contribution in [1.82, 2.24) is 39.0 Å². The van der Waals surface area contributed by atoms with Crippen molar-refractivity contribution < 1.29 is 46.5 Å². The van der Waals surface area contributed by atoms with E-state index in [2.05, 4.69) is 43.8 Å². The van der Waals surface area contributed by atoms with Crippen molar-refractivity contribution in [3.63, 3.8) is 0 Å². The van der Waals surface area contributed by atoms with Crippen molar-refractivity contribution in [2.75, 3.05) is 77.0 Å². The fourth-order valence-corrected chi connectivity index (χ4v) is 12.1. The van der Waals surface area contributed by atoms with E-state index >= 15 is 0 Å². The molecule has 0 bridgehead atoms. The lowest BCUT2D eigenvalue weighted by Crippen LogP contribution is -2.14. The maximum atomic E-state index is 13.5. The second-order valence-electron chi connectivity index (χ2n) is 22.7. The third-order valence-corrected chi connectivity index (χ3v) is 17.7. The number of ether oxygens (including phenoxy) is 4. The highest BCUT2D eigenvalue weighted by Crippen LogP contribution is 2.49. The van der Waals surface area contributed by atoms with Gasteiger partial charge in [-0.2, -0.15) is 9.97 Å². The van der Waals surface area contributed by atoms with Crippen LogP contribution in [0.2, 0.25) is 0 Å². The average Bonchev–Trinajstić information content (AvgIpc) is 2.03. The molecule has 0 amide bonds. The van der Waals surface area contributed by atoms with E-state index in [4.69, 9.17) is 44.0 Å². The minimum atomic E-state index is -3.87. The Hall–Kier alpha value is -4.34. The number of hydrogen-bond acceptors (Lipinski definition) is 17. The molecule has 24 heteroatoms. The second kappa shape index (κ2) is 47.6. The van der Waals surface area contributed by atoms with Crippen LogP contribution in [0.3, 0.4) is 0 Å². The summed E-state index contributed by atoms with van der Waals surface area (Å²) in [5, 5.41) is 0. The van der Waals surface area contributed by atoms with Crippen molar-refractivity contribution in [3.05, 3.63) is 69.3 Å². The van der Waals surface area contributed by atoms with Crippen LogP contribution in [0, 0.1) is 0 Å². The summed E-state index contributed by atoms with van der Waals surface area (Å²) < 4.78 is 67.7. The molecule has 87 heavy (non-hydrogen) atoms. The standard InChI is InChI=1S/C35H58N5O6P.C28H52N5O6P/c1-2-3-4-5-6-7-8-9-10-11-12-13-14-15-16-20-24-43-26-27-45-47(42,46-28-31-21-18-17-19-22-31)30-44-25-23-40-29-37-32-33(40)38-35(36)39-34(32)41;1-2-3-4-5-6-7-8-9-10-11-12-13-14-15-16-17-19-37-21-22-39-40(35,36)24-38-20-18-33-23-30-25-26(33)31-28(29)32-27(25)34/h17-19,21-22,29H,2-16,20,23-28,30H2,1H3,(H3,36,38,39,41);23H,2-22,24H2,1H3,(H,35,36)(H3,29,31,32,34). The Balaban J connectivity index is 0.000000378. The maximum absolute atomic E-state index is 13.5. The van der Waals surface area contributed by atoms with Crippen LogP contribution in [0.25, 0.3) is 22.3 Å². The number of anilines is 2. The monoisotopic (exact) mass is 1260 g/mol. The van der Waals surface area contributed by atoms with Gasteiger partial charge in [-0.25, -0.2) is 9.97 Å². The Labute approximate surface area is 518 Å². The zero-order valence-corrected chi connectivity index (χ0v) is 54.8. The maximum Gasteiger partial charge on any atom is 0.356 e. The number of imidazole rings is 2. The first-order valence-electron chi connectivity index (χ1n) is 33.0. The van der Waals surface area contributed by atoms with Gasteiger partial charge in [-0.1, -0.05) is 237 Å². The number of benzene rings is 1. The molecule has 0 aliphatic rings. The first-order chi connectivity index (χ1) is 42.4. The van der Waals surface area contributed by atoms with Crippen molar-refractivity contribution in [1.29, 1.82) is 0 Å². The van der Waals surface area contributed by atoms with Crippen molar-refractivity contribution >= 4 is 49.4 Å². The lowest BCUT2D eigenvalue weighted by atomic mass is 10.0. The van der Waals surface area contributed by atoms with Gasteiger partial charge in [-0.15, -0.1) is 0 Å². The fourth-order valence-electron chi connectivity index (χ4n) is 10.0. The predicted octanol–water partition coefficient (Wildman–Crippen LogP) is 14.5. The predicted molar refractivity (Wildman–Crippen MR) is 348 cm³/mol. The summed E-state index contributed by atoms with van der Waals surface area (Å²) in [6.07, 6.45) is 44.9. The Kier molecular flexibility index (Phi) is 41.1. The molecule has 0 saturated heterocycles. The molecule has 494 valence electrons. The van der Waals surface area contributed by atoms with Crippen LogP contribution in [0.4, 0.5) is 11.9 Å². The van der Waals surface area contributed by atoms with E-state index < -0.39 is 32.7 Å². The zero-order valence-electron chi connectivity index (χ0n) is 53.0. The second-order valence-corrected chi connectivity index (χ2v) is 26.5. The first-order valence-corrected chi connectivity index (χ1v) is 36.5. The van der Waals surface area contributed by atoms with Crippen LogP contribution in [0.1, 0.15) is 225 Å². The number of aromatic amines is 2. The van der Waals surface area contributed by atoms with E-state index in [1.54, 1.807) is 9.13 Å². The summed E-state index contributed by atoms with van der Waals surface area (Å²) in [4.78, 5) is 54.9. The number of aromatic nitrogens is 8. The normalized spacial score (nSPS) is 13.1. The number of fused-ring (bicyclic) bond motifs is 2. The summed E-state index contributed by atoms with van der Waals surface area (Å²) in [6, 6.07) is 9.51. The summed E-state index contributed by atoms with van der Waals surface area (Å²) in [7, 11) is -7.44. The number of hydrogen-bond donors (Lipinski definition) is 5. The molecule has 5 rings (SSSR count). The molecule has 0 saturated carbocycles. The Morgan fingerprint density at radius 2 is 0.816 bits per heavy atom. The zero-order chi connectivity index (χ0) is 62.3. The Bertz CT molecular complexity index is 2730. The molecule has 0 fully saturated rings. The molecule has 22 nitrogen and oxygen atoms in total. The summed E-state index contributed by atoms with van der Waals surface area (Å²) >= 11 is 0. The summed E-state index contributed by atoms with van der Waals surface area (Å²) in [6.45, 7) is 7.67. The highest BCUT2D eigenvalue weighted by Gasteiger charge is 2.26. The molecule has 4 heterocycles. The van der Waals surface area contributed by atoms with Gasteiger partial charge >= 0.3 is 15.2 Å². The van der Waals surface area contributed by atoms with Crippen LogP contribution >= 0.6 is 15.2 Å². The molecule has 4 aromatic heterocycles. The number of nitrogens with one attached hydrogen (secondary N) is 2. The number of rotatable bonds is 55. The van der Waals surface area contributed by atoms with Gasteiger partial charge in [0.1, 0.15) is 12.7 Å². The van der Waals surface area contributed by atoms with Crippen LogP contribution in [0.5, 0.6) is 0 Å². The number of nitrogens with two attached hydrogens (primary N) is 2. The minimum absolute atomic E-state index is 0.00872. The summed E-state index contributed by atoms with van der Waals surface area (Å²) in [5.41, 5.74) is 12.3. The molecule has 1 aromatic carbocycles. The number of nitrogen functional groups attached to an aromatic ring is 2. The lowest BCUT2D eigenvalue weighted by molar-refractivity contribution is 0.0756. The Morgan fingerprint density at radius 3 is 1.22 bits per heavy atom. The molecule has 0 aliphatic heterocycles. The molecule has 0 aliphatic carbocycles. The van der Waals surface area contributed by atoms with Crippen molar-refractivity contribution in [3.8, 4) is 0 Å². The van der Waals surface area contributed by atoms with Gasteiger partial charge in [0, 0.05) is 26.3 Å². The van der Waals surface area contributed by atoms with Crippen LogP contribution < -0.4 is 22.6 Å². The van der Waals surface area contributed by atoms with Gasteiger partial charge in [0.2, 0.25) is 11.9 Å². The SMILES string of the molecule is CCCCCCCCCCCCCCCCCCOCCOP(=O)(COCCn1cnc2c(=O)[nH]c(N)nc21)OCc1ccccc1.CCCCCCCCCCCCCCCCCCOCCOP(=O)(O)COCCn1cnc2c(=O)[nH]c(N)nc21. The van der Waals surface area contributed by atoms with Crippen LogP contribution in [0.15, 0.2) is 52.6 Å². The van der Waals surface area contributed by atoms with E-state index in [0.29, 0.717) is 37.7 Å². The highest BCUT2D eigenvalue weighted by atomic mass is 31.2. The fraction of sp³-hybridized carbons (Fsp3) is 0.746. The molecule has 2 atom stereocenters. The molecule has 0 radical (unpaired) electrons. The number of H-pyrrole nitrogens is 2. The van der Waals surface area contributed by atoms with Crippen LogP contribution in [-0.2, 0) is 61.3 Å². The molecule has 7 N–H and O–H groups in total.